The van der Waals surface area contributed by atoms with Gasteiger partial charge in [0.25, 0.3) is 0 Å². The lowest BCUT2D eigenvalue weighted by Gasteiger charge is -2.05. The van der Waals surface area contributed by atoms with Gasteiger partial charge in [0, 0.05) is 5.69 Å². The number of benzene rings is 1. The van der Waals surface area contributed by atoms with E-state index in [0.29, 0.717) is 0 Å². The van der Waals surface area contributed by atoms with Crippen LogP contribution >= 0.6 is 0 Å². The molecule has 0 saturated carbocycles. The summed E-state index contributed by atoms with van der Waals surface area (Å²) in [7, 11) is 0. The van der Waals surface area contributed by atoms with Gasteiger partial charge in [-0.05, 0) is 43.0 Å². The Balaban J connectivity index is 2.12. The minimum absolute atomic E-state index is 0.933. The number of para-hydroxylation sites is 1. The summed E-state index contributed by atoms with van der Waals surface area (Å²) in [6.45, 7) is 4.37. The van der Waals surface area contributed by atoms with Crippen molar-refractivity contribution in [1.29, 1.82) is 0 Å². The van der Waals surface area contributed by atoms with Crippen molar-refractivity contribution < 1.29 is 0 Å². The molecule has 0 N–H and O–H groups in total. The minimum atomic E-state index is 0.933. The molecule has 21 heavy (non-hydrogen) atoms. The molecule has 1 aromatic carbocycles. The summed E-state index contributed by atoms with van der Waals surface area (Å²) in [6.07, 6.45) is 12.5. The molecule has 2 heteroatoms. The van der Waals surface area contributed by atoms with E-state index in [0.717, 1.165) is 24.2 Å². The predicted octanol–water partition coefficient (Wildman–Crippen LogP) is 4.64. The molecular weight excluding hydrogens is 256 g/mol. The molecule has 3 rings (SSSR count). The Labute approximate surface area is 126 Å². The van der Waals surface area contributed by atoms with E-state index in [1.165, 1.54) is 16.8 Å². The van der Waals surface area contributed by atoms with E-state index in [1.807, 2.05) is 6.07 Å². The first kappa shape index (κ1) is 13.6. The van der Waals surface area contributed by atoms with Crippen molar-refractivity contribution in [3.05, 3.63) is 77.7 Å². The third kappa shape index (κ3) is 2.62. The average molecular weight is 276 g/mol. The number of rotatable bonds is 3. The highest BCUT2D eigenvalue weighted by Crippen LogP contribution is 2.27. The maximum absolute atomic E-state index is 4.90. The van der Waals surface area contributed by atoms with Crippen LogP contribution in [0, 0.1) is 6.92 Å². The fraction of sp³-hybridized carbons (Fsp3) is 0.211. The average Bonchev–Trinajstić information content (AvgIpc) is 2.70. The van der Waals surface area contributed by atoms with Gasteiger partial charge in [-0.1, -0.05) is 55.5 Å². The highest BCUT2D eigenvalue weighted by atomic mass is 15.3. The predicted molar refractivity (Wildman–Crippen MR) is 88.6 cm³/mol. The van der Waals surface area contributed by atoms with Crippen molar-refractivity contribution >= 4 is 5.57 Å². The number of aromatic nitrogens is 2. The lowest BCUT2D eigenvalue weighted by atomic mass is 10.0. The maximum Gasteiger partial charge on any atom is 0.0922 e. The van der Waals surface area contributed by atoms with Crippen LogP contribution < -0.4 is 0 Å². The first-order valence-electron chi connectivity index (χ1n) is 7.48. The maximum atomic E-state index is 4.90. The third-order valence-corrected chi connectivity index (χ3v) is 3.88. The SMILES string of the molecule is CCc1c(C)c(C2=CC=CC=CC2)nn1-c1ccccc1. The van der Waals surface area contributed by atoms with Gasteiger partial charge >= 0.3 is 0 Å². The molecule has 0 bridgehead atoms. The Hall–Kier alpha value is -2.35. The van der Waals surface area contributed by atoms with Gasteiger partial charge in [0.1, 0.15) is 0 Å². The molecule has 1 aromatic heterocycles. The molecule has 0 unspecified atom stereocenters. The van der Waals surface area contributed by atoms with E-state index in [-0.39, 0.29) is 0 Å². The fourth-order valence-electron chi connectivity index (χ4n) is 2.79. The van der Waals surface area contributed by atoms with Crippen LogP contribution in [0.5, 0.6) is 0 Å². The summed E-state index contributed by atoms with van der Waals surface area (Å²) in [5.41, 5.74) is 6.10. The Kier molecular flexibility index (Phi) is 3.87. The van der Waals surface area contributed by atoms with Crippen LogP contribution in [0.3, 0.4) is 0 Å². The molecule has 2 aromatic rings. The monoisotopic (exact) mass is 276 g/mol. The van der Waals surface area contributed by atoms with Crippen molar-refractivity contribution in [1.82, 2.24) is 9.78 Å². The molecule has 106 valence electrons. The van der Waals surface area contributed by atoms with Crippen LogP contribution in [0.4, 0.5) is 0 Å². The van der Waals surface area contributed by atoms with Crippen LogP contribution in [0.25, 0.3) is 11.3 Å². The molecule has 0 atom stereocenters. The van der Waals surface area contributed by atoms with Crippen LogP contribution in [0.1, 0.15) is 30.3 Å². The highest BCUT2D eigenvalue weighted by Gasteiger charge is 2.16. The number of nitrogens with zero attached hydrogens (tertiary/aromatic N) is 2. The van der Waals surface area contributed by atoms with E-state index >= 15 is 0 Å². The van der Waals surface area contributed by atoms with Gasteiger partial charge in [0.05, 0.1) is 11.4 Å². The molecule has 2 nitrogen and oxygen atoms in total. The van der Waals surface area contributed by atoms with Crippen molar-refractivity contribution in [3.8, 4) is 5.69 Å². The van der Waals surface area contributed by atoms with Crippen LogP contribution in [-0.4, -0.2) is 9.78 Å². The molecule has 1 aliphatic carbocycles. The van der Waals surface area contributed by atoms with E-state index in [1.54, 1.807) is 0 Å². The van der Waals surface area contributed by atoms with Crippen LogP contribution in [0.15, 0.2) is 60.7 Å². The molecule has 1 aliphatic rings. The van der Waals surface area contributed by atoms with E-state index in [9.17, 15) is 0 Å². The topological polar surface area (TPSA) is 17.8 Å². The molecule has 0 spiro atoms. The minimum Gasteiger partial charge on any atom is -0.237 e. The molecule has 0 amide bonds. The molecule has 0 aliphatic heterocycles. The zero-order valence-corrected chi connectivity index (χ0v) is 12.6. The zero-order chi connectivity index (χ0) is 14.7. The summed E-state index contributed by atoms with van der Waals surface area (Å²) in [4.78, 5) is 0. The Morgan fingerprint density at radius 1 is 1.10 bits per heavy atom. The largest absolute Gasteiger partial charge is 0.237 e. The van der Waals surface area contributed by atoms with Crippen molar-refractivity contribution in [2.75, 3.05) is 0 Å². The summed E-state index contributed by atoms with van der Waals surface area (Å²) >= 11 is 0. The Bertz CT molecular complexity index is 716. The van der Waals surface area contributed by atoms with E-state index in [4.69, 9.17) is 5.10 Å². The van der Waals surface area contributed by atoms with E-state index < -0.39 is 0 Å². The fourth-order valence-corrected chi connectivity index (χ4v) is 2.79. The Morgan fingerprint density at radius 2 is 1.90 bits per heavy atom. The standard InChI is InChI=1S/C19H20N2/c1-3-18-15(2)19(16-11-7-4-5-8-12-16)20-21(18)17-13-9-6-10-14-17/h4-11,13-14H,3,12H2,1-2H3. The lowest BCUT2D eigenvalue weighted by molar-refractivity contribution is 0.808. The summed E-state index contributed by atoms with van der Waals surface area (Å²) in [5.74, 6) is 0. The number of allylic oxidation sites excluding steroid dienone is 6. The second-order valence-electron chi connectivity index (χ2n) is 5.23. The van der Waals surface area contributed by atoms with Gasteiger partial charge in [-0.3, -0.25) is 0 Å². The molecule has 1 heterocycles. The van der Waals surface area contributed by atoms with Gasteiger partial charge in [0.2, 0.25) is 0 Å². The highest BCUT2D eigenvalue weighted by molar-refractivity contribution is 5.69. The molecular formula is C19H20N2. The molecule has 0 radical (unpaired) electrons. The summed E-state index contributed by atoms with van der Waals surface area (Å²) < 4.78 is 2.09. The van der Waals surface area contributed by atoms with Crippen molar-refractivity contribution in [2.24, 2.45) is 0 Å². The number of hydrogen-bond acceptors (Lipinski definition) is 1. The lowest BCUT2D eigenvalue weighted by Crippen LogP contribution is -2.01. The second-order valence-corrected chi connectivity index (χ2v) is 5.23. The first-order chi connectivity index (χ1) is 10.3. The van der Waals surface area contributed by atoms with Crippen molar-refractivity contribution in [2.45, 2.75) is 26.7 Å². The zero-order valence-electron chi connectivity index (χ0n) is 12.6. The first-order valence-corrected chi connectivity index (χ1v) is 7.48. The van der Waals surface area contributed by atoms with E-state index in [2.05, 4.69) is 73.2 Å². The van der Waals surface area contributed by atoms with Gasteiger partial charge in [-0.25, -0.2) is 4.68 Å². The van der Waals surface area contributed by atoms with Crippen molar-refractivity contribution in [3.63, 3.8) is 0 Å². The third-order valence-electron chi connectivity index (χ3n) is 3.88. The molecule has 0 fully saturated rings. The van der Waals surface area contributed by atoms with Gasteiger partial charge < -0.3 is 0 Å². The molecule has 0 saturated heterocycles. The Morgan fingerprint density at radius 3 is 2.67 bits per heavy atom. The number of hydrogen-bond donors (Lipinski definition) is 0. The quantitative estimate of drug-likeness (QED) is 0.798. The van der Waals surface area contributed by atoms with Crippen LogP contribution in [0.2, 0.25) is 0 Å². The smallest absolute Gasteiger partial charge is 0.0922 e. The summed E-state index contributed by atoms with van der Waals surface area (Å²) in [6, 6.07) is 10.4. The van der Waals surface area contributed by atoms with Gasteiger partial charge in [-0.15, -0.1) is 0 Å². The van der Waals surface area contributed by atoms with Gasteiger partial charge in [0.15, 0.2) is 0 Å². The van der Waals surface area contributed by atoms with Gasteiger partial charge in [-0.2, -0.15) is 5.10 Å². The second kappa shape index (κ2) is 5.96. The summed E-state index contributed by atoms with van der Waals surface area (Å²) in [5, 5.41) is 4.90. The normalized spacial score (nSPS) is 14.1. The van der Waals surface area contributed by atoms with Crippen LogP contribution in [-0.2, 0) is 6.42 Å².